The van der Waals surface area contributed by atoms with Gasteiger partial charge in [0.05, 0.1) is 7.11 Å². The second kappa shape index (κ2) is 8.57. The molecule has 1 aromatic rings. The molecule has 8 nitrogen and oxygen atoms in total. The lowest BCUT2D eigenvalue weighted by molar-refractivity contribution is -0.388. The third-order valence-electron chi connectivity index (χ3n) is 4.02. The Kier molecular flexibility index (Phi) is 6.46. The number of ether oxygens (including phenoxy) is 2. The summed E-state index contributed by atoms with van der Waals surface area (Å²) >= 11 is 0. The van der Waals surface area contributed by atoms with Crippen LogP contribution in [0.2, 0.25) is 0 Å². The van der Waals surface area contributed by atoms with Gasteiger partial charge in [-0.05, 0) is 41.8 Å². The summed E-state index contributed by atoms with van der Waals surface area (Å²) in [5.41, 5.74) is 1.65. The Labute approximate surface area is 146 Å². The van der Waals surface area contributed by atoms with Crippen molar-refractivity contribution in [2.45, 2.75) is 32.2 Å². The number of pyridine rings is 1. The van der Waals surface area contributed by atoms with Crippen LogP contribution in [-0.2, 0) is 20.7 Å². The molecule has 2 rings (SSSR count). The highest BCUT2D eigenvalue weighted by Crippen LogP contribution is 2.31. The van der Waals surface area contributed by atoms with Gasteiger partial charge in [-0.3, -0.25) is 4.79 Å². The molecule has 136 valence electrons. The molecule has 1 aliphatic heterocycles. The smallest absolute Gasteiger partial charge is 0.387 e. The SMILES string of the molecule is C=C(C)CN(c1ccc(CC(=O)OC)nc1[N+](=O)[O-])C1CCOCC1. The van der Waals surface area contributed by atoms with Gasteiger partial charge in [0, 0.05) is 25.8 Å². The first-order valence-electron chi connectivity index (χ1n) is 8.12. The molecular formula is C17H23N3O5. The molecule has 0 amide bonds. The first kappa shape index (κ1) is 18.9. The van der Waals surface area contributed by atoms with E-state index in [0.717, 1.165) is 18.4 Å². The molecular weight excluding hydrogens is 326 g/mol. The van der Waals surface area contributed by atoms with E-state index in [-0.39, 0.29) is 18.3 Å². The molecule has 1 aromatic heterocycles. The van der Waals surface area contributed by atoms with Crippen LogP contribution in [0.1, 0.15) is 25.5 Å². The molecule has 2 heterocycles. The number of aromatic nitrogens is 1. The molecule has 25 heavy (non-hydrogen) atoms. The van der Waals surface area contributed by atoms with Crippen LogP contribution >= 0.6 is 0 Å². The predicted octanol–water partition coefficient (Wildman–Crippen LogP) is 2.27. The van der Waals surface area contributed by atoms with Gasteiger partial charge in [-0.1, -0.05) is 12.2 Å². The molecule has 0 bridgehead atoms. The topological polar surface area (TPSA) is 94.8 Å². The summed E-state index contributed by atoms with van der Waals surface area (Å²) in [7, 11) is 1.27. The largest absolute Gasteiger partial charge is 0.469 e. The van der Waals surface area contributed by atoms with E-state index in [1.165, 1.54) is 7.11 Å². The van der Waals surface area contributed by atoms with E-state index in [2.05, 4.69) is 16.3 Å². The Bertz CT molecular complexity index is 656. The normalized spacial score (nSPS) is 14.8. The second-order valence-corrected chi connectivity index (χ2v) is 6.08. The van der Waals surface area contributed by atoms with Gasteiger partial charge in [0.15, 0.2) is 5.69 Å². The van der Waals surface area contributed by atoms with Gasteiger partial charge in [0.1, 0.15) is 12.1 Å². The lowest BCUT2D eigenvalue weighted by Crippen LogP contribution is -2.41. The van der Waals surface area contributed by atoms with Gasteiger partial charge in [-0.25, -0.2) is 0 Å². The first-order valence-corrected chi connectivity index (χ1v) is 8.12. The molecule has 1 fully saturated rings. The van der Waals surface area contributed by atoms with E-state index in [1.54, 1.807) is 12.1 Å². The number of hydrogen-bond donors (Lipinski definition) is 0. The molecule has 1 aliphatic rings. The van der Waals surface area contributed by atoms with Crippen molar-refractivity contribution in [3.8, 4) is 0 Å². The van der Waals surface area contributed by atoms with Crippen molar-refractivity contribution in [3.05, 3.63) is 40.1 Å². The fourth-order valence-electron chi connectivity index (χ4n) is 2.86. The average Bonchev–Trinajstić information content (AvgIpc) is 2.60. The fraction of sp³-hybridized carbons (Fsp3) is 0.529. The summed E-state index contributed by atoms with van der Waals surface area (Å²) in [4.78, 5) is 28.5. The molecule has 0 aromatic carbocycles. The van der Waals surface area contributed by atoms with Gasteiger partial charge in [-0.2, -0.15) is 0 Å². The third-order valence-corrected chi connectivity index (χ3v) is 4.02. The Balaban J connectivity index is 2.38. The van der Waals surface area contributed by atoms with Crippen molar-refractivity contribution < 1.29 is 19.2 Å². The van der Waals surface area contributed by atoms with Crippen LogP contribution in [0.4, 0.5) is 11.5 Å². The number of anilines is 1. The number of hydrogen-bond acceptors (Lipinski definition) is 7. The van der Waals surface area contributed by atoms with Gasteiger partial charge in [-0.15, -0.1) is 0 Å². The molecule has 8 heteroatoms. The maximum atomic E-state index is 11.6. The van der Waals surface area contributed by atoms with E-state index in [4.69, 9.17) is 4.74 Å². The maximum Gasteiger partial charge on any atom is 0.387 e. The summed E-state index contributed by atoms with van der Waals surface area (Å²) in [6, 6.07) is 3.41. The average molecular weight is 349 g/mol. The minimum Gasteiger partial charge on any atom is -0.469 e. The zero-order valence-electron chi connectivity index (χ0n) is 14.6. The van der Waals surface area contributed by atoms with Gasteiger partial charge in [0.2, 0.25) is 0 Å². The van der Waals surface area contributed by atoms with Crippen LogP contribution < -0.4 is 4.90 Å². The quantitative estimate of drug-likeness (QED) is 0.322. The van der Waals surface area contributed by atoms with E-state index >= 15 is 0 Å². The molecule has 0 unspecified atom stereocenters. The highest BCUT2D eigenvalue weighted by Gasteiger charge is 2.29. The Morgan fingerprint density at radius 3 is 2.72 bits per heavy atom. The lowest BCUT2D eigenvalue weighted by Gasteiger charge is -2.35. The van der Waals surface area contributed by atoms with Gasteiger partial charge >= 0.3 is 11.8 Å². The summed E-state index contributed by atoms with van der Waals surface area (Å²) < 4.78 is 9.99. The fourth-order valence-corrected chi connectivity index (χ4v) is 2.86. The molecule has 1 saturated heterocycles. The highest BCUT2D eigenvalue weighted by atomic mass is 16.6. The second-order valence-electron chi connectivity index (χ2n) is 6.08. The summed E-state index contributed by atoms with van der Waals surface area (Å²) in [6.45, 7) is 7.57. The Hall–Kier alpha value is -2.48. The number of carbonyl (C=O) groups excluding carboxylic acids is 1. The van der Waals surface area contributed by atoms with Crippen LogP contribution in [0.15, 0.2) is 24.3 Å². The number of nitrogens with zero attached hydrogens (tertiary/aromatic N) is 3. The molecule has 0 radical (unpaired) electrons. The molecule has 0 N–H and O–H groups in total. The summed E-state index contributed by atoms with van der Waals surface area (Å²) in [5.74, 6) is -0.744. The third kappa shape index (κ3) is 4.99. The predicted molar refractivity (Wildman–Crippen MR) is 92.6 cm³/mol. The van der Waals surface area contributed by atoms with E-state index in [9.17, 15) is 14.9 Å². The summed E-state index contributed by atoms with van der Waals surface area (Å²) in [6.07, 6.45) is 1.47. The summed E-state index contributed by atoms with van der Waals surface area (Å²) in [5, 5.41) is 11.6. The highest BCUT2D eigenvalue weighted by molar-refractivity contribution is 5.72. The van der Waals surface area contributed by atoms with Crippen LogP contribution in [0.25, 0.3) is 0 Å². The van der Waals surface area contributed by atoms with Crippen molar-refractivity contribution in [2.75, 3.05) is 31.8 Å². The number of esters is 1. The van der Waals surface area contributed by atoms with Gasteiger partial charge in [0.25, 0.3) is 0 Å². The van der Waals surface area contributed by atoms with Crippen LogP contribution in [-0.4, -0.2) is 48.8 Å². The van der Waals surface area contributed by atoms with Crippen LogP contribution in [0.5, 0.6) is 0 Å². The molecule has 0 spiro atoms. The zero-order chi connectivity index (χ0) is 18.4. The van der Waals surface area contributed by atoms with Crippen molar-refractivity contribution >= 4 is 17.5 Å². The van der Waals surface area contributed by atoms with E-state index < -0.39 is 10.9 Å². The standard InChI is InChI=1S/C17H23N3O5/c1-12(2)11-19(14-6-8-25-9-7-14)15-5-4-13(10-16(21)24-3)18-17(15)20(22)23/h4-5,14H,1,6-11H2,2-3H3. The molecule has 0 aliphatic carbocycles. The molecule has 0 saturated carbocycles. The molecule has 0 atom stereocenters. The number of rotatable bonds is 7. The monoisotopic (exact) mass is 349 g/mol. The van der Waals surface area contributed by atoms with Gasteiger partial charge < -0.3 is 24.5 Å². The minimum absolute atomic E-state index is 0.102. The maximum absolute atomic E-state index is 11.6. The van der Waals surface area contributed by atoms with Crippen molar-refractivity contribution in [1.82, 2.24) is 4.98 Å². The van der Waals surface area contributed by atoms with E-state index in [0.29, 0.717) is 31.1 Å². The van der Waals surface area contributed by atoms with Crippen LogP contribution in [0, 0.1) is 10.1 Å². The van der Waals surface area contributed by atoms with E-state index in [1.807, 2.05) is 11.8 Å². The zero-order valence-corrected chi connectivity index (χ0v) is 14.6. The number of carbonyl (C=O) groups is 1. The Morgan fingerprint density at radius 1 is 1.48 bits per heavy atom. The van der Waals surface area contributed by atoms with Crippen LogP contribution in [0.3, 0.4) is 0 Å². The lowest BCUT2D eigenvalue weighted by atomic mass is 10.0. The number of nitro groups is 1. The first-order chi connectivity index (χ1) is 11.9. The van der Waals surface area contributed by atoms with Crippen molar-refractivity contribution in [3.63, 3.8) is 0 Å². The van der Waals surface area contributed by atoms with Crippen molar-refractivity contribution in [2.24, 2.45) is 0 Å². The minimum atomic E-state index is -0.513. The van der Waals surface area contributed by atoms with Crippen molar-refractivity contribution in [1.29, 1.82) is 0 Å². The number of methoxy groups -OCH3 is 1. The Morgan fingerprint density at radius 2 is 2.16 bits per heavy atom.